The molecule has 0 bridgehead atoms. The van der Waals surface area contributed by atoms with Crippen LogP contribution in [-0.4, -0.2) is 15.8 Å². The summed E-state index contributed by atoms with van der Waals surface area (Å²) in [6.45, 7) is 13.8. The van der Waals surface area contributed by atoms with Crippen LogP contribution in [0.25, 0.3) is 0 Å². The first kappa shape index (κ1) is 16.5. The zero-order valence-corrected chi connectivity index (χ0v) is 14.9. The SMILES string of the molecule is Cc1nn(C)c(C)c1C(C)NC1CC(C)CCC1C(C)C. The molecule has 0 amide bonds. The lowest BCUT2D eigenvalue weighted by molar-refractivity contribution is 0.161. The van der Waals surface area contributed by atoms with E-state index >= 15 is 0 Å². The second-order valence-corrected chi connectivity index (χ2v) is 7.53. The van der Waals surface area contributed by atoms with Crippen LogP contribution in [0.2, 0.25) is 0 Å². The van der Waals surface area contributed by atoms with Crippen molar-refractivity contribution in [2.75, 3.05) is 0 Å². The molecule has 2 rings (SSSR count). The van der Waals surface area contributed by atoms with Crippen molar-refractivity contribution in [2.45, 2.75) is 72.9 Å². The topological polar surface area (TPSA) is 29.9 Å². The van der Waals surface area contributed by atoms with Crippen molar-refractivity contribution in [2.24, 2.45) is 24.8 Å². The van der Waals surface area contributed by atoms with Gasteiger partial charge in [-0.2, -0.15) is 5.10 Å². The predicted molar refractivity (Wildman–Crippen MR) is 89.4 cm³/mol. The van der Waals surface area contributed by atoms with Crippen LogP contribution in [0.3, 0.4) is 0 Å². The van der Waals surface area contributed by atoms with Crippen molar-refractivity contribution >= 4 is 0 Å². The maximum absolute atomic E-state index is 4.57. The first-order valence-electron chi connectivity index (χ1n) is 8.57. The molecule has 3 heteroatoms. The summed E-state index contributed by atoms with van der Waals surface area (Å²) in [6, 6.07) is 1.03. The molecule has 0 radical (unpaired) electrons. The van der Waals surface area contributed by atoms with Gasteiger partial charge >= 0.3 is 0 Å². The number of aryl methyl sites for hydroxylation is 2. The number of aromatic nitrogens is 2. The van der Waals surface area contributed by atoms with Crippen molar-refractivity contribution < 1.29 is 0 Å². The normalized spacial score (nSPS) is 28.1. The molecular formula is C18H33N3. The fourth-order valence-electron chi connectivity index (χ4n) is 4.21. The summed E-state index contributed by atoms with van der Waals surface area (Å²) in [6.07, 6.45) is 4.07. The molecule has 21 heavy (non-hydrogen) atoms. The smallest absolute Gasteiger partial charge is 0.0644 e. The molecule has 3 nitrogen and oxygen atoms in total. The van der Waals surface area contributed by atoms with Gasteiger partial charge in [0, 0.05) is 30.4 Å². The lowest BCUT2D eigenvalue weighted by Crippen LogP contribution is -2.44. The van der Waals surface area contributed by atoms with Gasteiger partial charge in [-0.1, -0.05) is 27.2 Å². The number of hydrogen-bond acceptors (Lipinski definition) is 2. The summed E-state index contributed by atoms with van der Waals surface area (Å²) >= 11 is 0. The van der Waals surface area contributed by atoms with Gasteiger partial charge < -0.3 is 5.32 Å². The molecule has 4 unspecified atom stereocenters. The van der Waals surface area contributed by atoms with Crippen molar-refractivity contribution in [1.82, 2.24) is 15.1 Å². The maximum atomic E-state index is 4.57. The van der Waals surface area contributed by atoms with Crippen molar-refractivity contribution in [3.05, 3.63) is 17.0 Å². The largest absolute Gasteiger partial charge is 0.307 e. The van der Waals surface area contributed by atoms with E-state index in [9.17, 15) is 0 Å². The monoisotopic (exact) mass is 291 g/mol. The van der Waals surface area contributed by atoms with Gasteiger partial charge in [-0.05, 0) is 51.4 Å². The third-order valence-corrected chi connectivity index (χ3v) is 5.48. The summed E-state index contributed by atoms with van der Waals surface area (Å²) in [4.78, 5) is 0. The summed E-state index contributed by atoms with van der Waals surface area (Å²) in [5.41, 5.74) is 3.84. The van der Waals surface area contributed by atoms with E-state index in [1.54, 1.807) is 0 Å². The van der Waals surface area contributed by atoms with Crippen molar-refractivity contribution in [3.8, 4) is 0 Å². The minimum Gasteiger partial charge on any atom is -0.307 e. The average molecular weight is 291 g/mol. The summed E-state index contributed by atoms with van der Waals surface area (Å²) in [5.74, 6) is 2.42. The molecule has 1 aliphatic rings. The van der Waals surface area contributed by atoms with Gasteiger partial charge in [0.25, 0.3) is 0 Å². The standard InChI is InChI=1S/C18H33N3/c1-11(2)16-9-8-12(3)10-17(16)19-13(4)18-14(5)20-21(7)15(18)6/h11-13,16-17,19H,8-10H2,1-7H3. The van der Waals surface area contributed by atoms with Crippen molar-refractivity contribution in [1.29, 1.82) is 0 Å². The van der Waals surface area contributed by atoms with Crippen LogP contribution in [-0.2, 0) is 7.05 Å². The third-order valence-electron chi connectivity index (χ3n) is 5.48. The zero-order valence-electron chi connectivity index (χ0n) is 14.9. The Balaban J connectivity index is 2.14. The molecule has 0 aromatic carbocycles. The van der Waals surface area contributed by atoms with Crippen LogP contribution in [0.15, 0.2) is 0 Å². The fraction of sp³-hybridized carbons (Fsp3) is 0.833. The van der Waals surface area contributed by atoms with E-state index in [2.05, 4.69) is 52.0 Å². The molecule has 1 aromatic rings. The van der Waals surface area contributed by atoms with Gasteiger partial charge in [-0.25, -0.2) is 0 Å². The zero-order chi connectivity index (χ0) is 15.7. The quantitative estimate of drug-likeness (QED) is 0.903. The Kier molecular flexibility index (Phi) is 5.13. The fourth-order valence-corrected chi connectivity index (χ4v) is 4.21. The third kappa shape index (κ3) is 3.50. The Hall–Kier alpha value is -0.830. The second kappa shape index (κ2) is 6.51. The van der Waals surface area contributed by atoms with E-state index < -0.39 is 0 Å². The van der Waals surface area contributed by atoms with Gasteiger partial charge in [0.1, 0.15) is 0 Å². The van der Waals surface area contributed by atoms with E-state index in [4.69, 9.17) is 0 Å². The van der Waals surface area contributed by atoms with Crippen LogP contribution in [0.4, 0.5) is 0 Å². The number of rotatable bonds is 4. The number of hydrogen-bond donors (Lipinski definition) is 1. The molecular weight excluding hydrogens is 258 g/mol. The van der Waals surface area contributed by atoms with Crippen LogP contribution < -0.4 is 5.32 Å². The lowest BCUT2D eigenvalue weighted by atomic mass is 9.73. The highest BCUT2D eigenvalue weighted by Crippen LogP contribution is 2.35. The summed E-state index contributed by atoms with van der Waals surface area (Å²) < 4.78 is 2.01. The lowest BCUT2D eigenvalue weighted by Gasteiger charge is -2.39. The van der Waals surface area contributed by atoms with Crippen LogP contribution in [0, 0.1) is 31.6 Å². The molecule has 1 aliphatic carbocycles. The highest BCUT2D eigenvalue weighted by molar-refractivity contribution is 5.27. The van der Waals surface area contributed by atoms with E-state index in [1.807, 2.05) is 11.7 Å². The summed E-state index contributed by atoms with van der Waals surface area (Å²) in [5, 5.41) is 8.51. The molecule has 1 fully saturated rings. The predicted octanol–water partition coefficient (Wildman–Crippen LogP) is 4.15. The first-order valence-corrected chi connectivity index (χ1v) is 8.57. The number of nitrogens with one attached hydrogen (secondary N) is 1. The second-order valence-electron chi connectivity index (χ2n) is 7.53. The minimum atomic E-state index is 0.384. The van der Waals surface area contributed by atoms with Crippen LogP contribution in [0.1, 0.15) is 70.0 Å². The molecule has 120 valence electrons. The van der Waals surface area contributed by atoms with Gasteiger partial charge in [0.05, 0.1) is 5.69 Å². The Labute approximate surface area is 130 Å². The number of nitrogens with zero attached hydrogens (tertiary/aromatic N) is 2. The van der Waals surface area contributed by atoms with Gasteiger partial charge in [0.15, 0.2) is 0 Å². The first-order chi connectivity index (χ1) is 9.81. The van der Waals surface area contributed by atoms with E-state index in [1.165, 1.54) is 36.2 Å². The molecule has 1 heterocycles. The molecule has 1 saturated carbocycles. The van der Waals surface area contributed by atoms with E-state index in [0.29, 0.717) is 12.1 Å². The highest BCUT2D eigenvalue weighted by atomic mass is 15.3. The molecule has 0 aliphatic heterocycles. The average Bonchev–Trinajstić information content (AvgIpc) is 2.62. The Morgan fingerprint density at radius 2 is 1.86 bits per heavy atom. The Morgan fingerprint density at radius 1 is 1.19 bits per heavy atom. The molecule has 0 spiro atoms. The van der Waals surface area contributed by atoms with Gasteiger partial charge in [0.2, 0.25) is 0 Å². The minimum absolute atomic E-state index is 0.384. The molecule has 4 atom stereocenters. The Bertz CT molecular complexity index is 475. The Morgan fingerprint density at radius 3 is 2.38 bits per heavy atom. The molecule has 1 N–H and O–H groups in total. The summed E-state index contributed by atoms with van der Waals surface area (Å²) in [7, 11) is 2.04. The van der Waals surface area contributed by atoms with Crippen LogP contribution >= 0.6 is 0 Å². The van der Waals surface area contributed by atoms with E-state index in [0.717, 1.165) is 17.8 Å². The van der Waals surface area contributed by atoms with Crippen molar-refractivity contribution in [3.63, 3.8) is 0 Å². The van der Waals surface area contributed by atoms with Gasteiger partial charge in [-0.15, -0.1) is 0 Å². The molecule has 1 aromatic heterocycles. The molecule has 0 saturated heterocycles. The highest BCUT2D eigenvalue weighted by Gasteiger charge is 2.32. The maximum Gasteiger partial charge on any atom is 0.0644 e. The van der Waals surface area contributed by atoms with E-state index in [-0.39, 0.29) is 0 Å². The van der Waals surface area contributed by atoms with Gasteiger partial charge in [-0.3, -0.25) is 4.68 Å². The van der Waals surface area contributed by atoms with Crippen LogP contribution in [0.5, 0.6) is 0 Å².